The Morgan fingerprint density at radius 2 is 1.72 bits per heavy atom. The number of rotatable bonds is 8. The number of ether oxygens (including phenoxy) is 2. The van der Waals surface area contributed by atoms with E-state index in [1.807, 2.05) is 30.3 Å². The molecule has 0 saturated carbocycles. The fourth-order valence-corrected chi connectivity index (χ4v) is 2.85. The normalized spacial score (nSPS) is 11.1. The zero-order valence-corrected chi connectivity index (χ0v) is 18.7. The number of fused-ring (bicyclic) bond motifs is 1. The molecule has 0 aliphatic carbocycles. The lowest BCUT2D eigenvalue weighted by Crippen LogP contribution is -2.21. The monoisotopic (exact) mass is 505 g/mol. The smallest absolute Gasteiger partial charge is 0.490 e. The van der Waals surface area contributed by atoms with Crippen molar-refractivity contribution in [2.45, 2.75) is 6.18 Å². The van der Waals surface area contributed by atoms with Crippen LogP contribution in [0.2, 0.25) is 0 Å². The van der Waals surface area contributed by atoms with E-state index in [1.54, 1.807) is 35.1 Å². The maximum absolute atomic E-state index is 10.6. The molecule has 190 valence electrons. The number of phenolic OH excluding ortho intramolecular Hbond substituents is 1. The molecule has 0 amide bonds. The third-order valence-corrected chi connectivity index (χ3v) is 4.53. The van der Waals surface area contributed by atoms with Gasteiger partial charge in [0.2, 0.25) is 0 Å². The van der Waals surface area contributed by atoms with Gasteiger partial charge >= 0.3 is 12.1 Å². The van der Waals surface area contributed by atoms with Crippen LogP contribution in [0.15, 0.2) is 60.8 Å². The van der Waals surface area contributed by atoms with Gasteiger partial charge in [0.05, 0.1) is 36.3 Å². The number of hydrogen-bond donors (Lipinski definition) is 3. The number of aromatic nitrogens is 4. The van der Waals surface area contributed by atoms with Gasteiger partial charge in [-0.25, -0.2) is 14.5 Å². The maximum Gasteiger partial charge on any atom is 0.490 e. The first-order valence-corrected chi connectivity index (χ1v) is 10.5. The van der Waals surface area contributed by atoms with Gasteiger partial charge in [0.1, 0.15) is 23.8 Å². The van der Waals surface area contributed by atoms with Crippen molar-refractivity contribution in [1.29, 1.82) is 0 Å². The number of benzene rings is 2. The largest absolute Gasteiger partial charge is 0.508 e. The highest BCUT2D eigenvalue weighted by Crippen LogP contribution is 2.24. The number of aromatic hydroxyl groups is 1. The quantitative estimate of drug-likeness (QED) is 0.307. The maximum atomic E-state index is 10.6. The first kappa shape index (κ1) is 26.4. The topological polar surface area (TPSA) is 146 Å². The van der Waals surface area contributed by atoms with Crippen LogP contribution in [0.5, 0.6) is 11.5 Å². The van der Waals surface area contributed by atoms with Crippen molar-refractivity contribution < 1.29 is 37.7 Å². The highest BCUT2D eigenvalue weighted by molar-refractivity contribution is 5.82. The van der Waals surface area contributed by atoms with Gasteiger partial charge in [0, 0.05) is 11.9 Å². The summed E-state index contributed by atoms with van der Waals surface area (Å²) in [6, 6.07) is 16.4. The van der Waals surface area contributed by atoms with Gasteiger partial charge in [-0.3, -0.25) is 0 Å². The number of aliphatic carboxylic acids is 1. The highest BCUT2D eigenvalue weighted by atomic mass is 19.4. The average Bonchev–Trinajstić information content (AvgIpc) is 3.34. The van der Waals surface area contributed by atoms with E-state index >= 15 is 0 Å². The van der Waals surface area contributed by atoms with Crippen LogP contribution in [0, 0.1) is 0 Å². The summed E-state index contributed by atoms with van der Waals surface area (Å²) in [5.74, 6) is -1.79. The minimum absolute atomic E-state index is 0.205. The molecule has 2 aromatic carbocycles. The lowest BCUT2D eigenvalue weighted by atomic mass is 10.2. The fraction of sp³-hybridized carbons (Fsp3) is 0.217. The van der Waals surface area contributed by atoms with Crippen LogP contribution in [0.1, 0.15) is 0 Å². The summed E-state index contributed by atoms with van der Waals surface area (Å²) in [5, 5.41) is 25.9. The zero-order chi connectivity index (χ0) is 26.1. The van der Waals surface area contributed by atoms with E-state index in [0.29, 0.717) is 32.1 Å². The minimum Gasteiger partial charge on any atom is -0.508 e. The molecule has 2 heterocycles. The Hall–Kier alpha value is -4.23. The number of halogens is 3. The number of carboxylic acids is 1. The molecule has 0 spiro atoms. The number of nitrogens with two attached hydrogens (primary N) is 1. The van der Waals surface area contributed by atoms with Gasteiger partial charge in [-0.05, 0) is 48.5 Å². The van der Waals surface area contributed by atoms with Crippen LogP contribution in [0.25, 0.3) is 28.0 Å². The summed E-state index contributed by atoms with van der Waals surface area (Å²) >= 11 is 0. The molecular weight excluding hydrogens is 483 g/mol. The highest BCUT2D eigenvalue weighted by Gasteiger charge is 2.38. The first-order chi connectivity index (χ1) is 17.2. The van der Waals surface area contributed by atoms with Crippen LogP contribution >= 0.6 is 0 Å². The molecule has 36 heavy (non-hydrogen) atoms. The molecule has 4 N–H and O–H groups in total. The van der Waals surface area contributed by atoms with Crippen molar-refractivity contribution in [3.8, 4) is 28.6 Å². The Morgan fingerprint density at radius 3 is 2.39 bits per heavy atom. The Kier molecular flexibility index (Phi) is 8.76. The SMILES string of the molecule is NCCOCCOc1ccc2nc(-c3cn(-c4ccc(O)cc4)nn3)ccc2c1.O=C(O)C(F)(F)F. The van der Waals surface area contributed by atoms with Gasteiger partial charge in [-0.1, -0.05) is 11.3 Å². The van der Waals surface area contributed by atoms with Crippen molar-refractivity contribution in [2.75, 3.05) is 26.4 Å². The molecule has 0 radical (unpaired) electrons. The van der Waals surface area contributed by atoms with Gasteiger partial charge in [-0.15, -0.1) is 5.10 Å². The number of phenols is 1. The lowest BCUT2D eigenvalue weighted by molar-refractivity contribution is -0.192. The van der Waals surface area contributed by atoms with E-state index in [1.165, 1.54) is 0 Å². The van der Waals surface area contributed by atoms with E-state index < -0.39 is 12.1 Å². The van der Waals surface area contributed by atoms with Crippen LogP contribution in [-0.2, 0) is 9.53 Å². The molecule has 0 unspecified atom stereocenters. The Morgan fingerprint density at radius 1 is 1.00 bits per heavy atom. The number of hydrogen-bond acceptors (Lipinski definition) is 8. The van der Waals surface area contributed by atoms with Gasteiger partial charge in [0.15, 0.2) is 0 Å². The molecule has 10 nitrogen and oxygen atoms in total. The number of nitrogens with zero attached hydrogens (tertiary/aromatic N) is 4. The number of pyridine rings is 1. The molecule has 13 heteroatoms. The second-order valence-electron chi connectivity index (χ2n) is 7.17. The van der Waals surface area contributed by atoms with Crippen molar-refractivity contribution in [3.63, 3.8) is 0 Å². The third-order valence-electron chi connectivity index (χ3n) is 4.53. The zero-order valence-electron chi connectivity index (χ0n) is 18.7. The summed E-state index contributed by atoms with van der Waals surface area (Å²) in [7, 11) is 0. The molecule has 2 aromatic heterocycles. The van der Waals surface area contributed by atoms with Crippen LogP contribution in [0.4, 0.5) is 13.2 Å². The van der Waals surface area contributed by atoms with Crippen LogP contribution < -0.4 is 10.5 Å². The molecule has 0 saturated heterocycles. The molecule has 0 atom stereocenters. The van der Waals surface area contributed by atoms with E-state index in [-0.39, 0.29) is 5.75 Å². The standard InChI is InChI=1S/C21H21N5O3.C2HF3O2/c22-9-10-28-11-12-29-18-6-8-19-15(13-18)1-7-20(23-19)21-14-26(25-24-21)16-2-4-17(27)5-3-16;3-2(4,5)1(6)7/h1-8,13-14,27H,9-12,22H2;(H,6,7). The van der Waals surface area contributed by atoms with E-state index in [2.05, 4.69) is 15.3 Å². The predicted molar refractivity (Wildman–Crippen MR) is 123 cm³/mol. The minimum atomic E-state index is -5.08. The summed E-state index contributed by atoms with van der Waals surface area (Å²) in [5.41, 5.74) is 8.42. The molecule has 0 aliphatic heterocycles. The molecule has 0 aliphatic rings. The van der Waals surface area contributed by atoms with Gasteiger partial charge in [0.25, 0.3) is 0 Å². The van der Waals surface area contributed by atoms with Crippen molar-refractivity contribution in [3.05, 3.63) is 60.8 Å². The molecule has 4 rings (SSSR count). The Bertz CT molecular complexity index is 1300. The molecule has 4 aromatic rings. The summed E-state index contributed by atoms with van der Waals surface area (Å²) in [6.07, 6.45) is -3.28. The molecule has 0 bridgehead atoms. The van der Waals surface area contributed by atoms with E-state index in [0.717, 1.165) is 28.0 Å². The lowest BCUT2D eigenvalue weighted by Gasteiger charge is -2.08. The summed E-state index contributed by atoms with van der Waals surface area (Å²) in [4.78, 5) is 13.6. The van der Waals surface area contributed by atoms with Crippen LogP contribution in [0.3, 0.4) is 0 Å². The van der Waals surface area contributed by atoms with Crippen molar-refractivity contribution in [2.24, 2.45) is 5.73 Å². The second-order valence-corrected chi connectivity index (χ2v) is 7.17. The predicted octanol–water partition coefficient (Wildman–Crippen LogP) is 3.18. The number of alkyl halides is 3. The van der Waals surface area contributed by atoms with Crippen molar-refractivity contribution in [1.82, 2.24) is 20.0 Å². The van der Waals surface area contributed by atoms with E-state index in [9.17, 15) is 18.3 Å². The third kappa shape index (κ3) is 7.38. The summed E-state index contributed by atoms with van der Waals surface area (Å²) in [6.45, 7) is 2.01. The van der Waals surface area contributed by atoms with Gasteiger partial charge < -0.3 is 25.4 Å². The Balaban J connectivity index is 0.000000454. The van der Waals surface area contributed by atoms with E-state index in [4.69, 9.17) is 25.1 Å². The number of carbonyl (C=O) groups is 1. The Labute approximate surface area is 202 Å². The van der Waals surface area contributed by atoms with Crippen molar-refractivity contribution >= 4 is 16.9 Å². The van der Waals surface area contributed by atoms with Gasteiger partial charge in [-0.2, -0.15) is 13.2 Å². The first-order valence-electron chi connectivity index (χ1n) is 10.5. The fourth-order valence-electron chi connectivity index (χ4n) is 2.85. The molecular formula is C23H22F3N5O5. The summed E-state index contributed by atoms with van der Waals surface area (Å²) < 4.78 is 44.4. The second kappa shape index (κ2) is 12.0. The average molecular weight is 505 g/mol. The molecule has 0 fully saturated rings. The number of carboxylic acid groups (broad SMARTS) is 1. The van der Waals surface area contributed by atoms with Crippen LogP contribution in [-0.4, -0.2) is 68.7 Å².